The largest absolute Gasteiger partial charge is 0.244 e. The molecule has 2 rings (SSSR count). The van der Waals surface area contributed by atoms with Gasteiger partial charge in [0.25, 0.3) is 0 Å². The normalized spacial score (nSPS) is 10.8. The summed E-state index contributed by atoms with van der Waals surface area (Å²) >= 11 is 0. The summed E-state index contributed by atoms with van der Waals surface area (Å²) in [5.41, 5.74) is 2.47. The highest BCUT2D eigenvalue weighted by Crippen LogP contribution is 2.28. The minimum absolute atomic E-state index is 0.143. The van der Waals surface area contributed by atoms with Crippen molar-refractivity contribution in [1.29, 1.82) is 0 Å². The molecule has 0 unspecified atom stereocenters. The molecule has 2 aromatic rings. The lowest BCUT2D eigenvalue weighted by Gasteiger charge is -2.20. The van der Waals surface area contributed by atoms with E-state index in [2.05, 4.69) is 42.9 Å². The van der Waals surface area contributed by atoms with E-state index in [1.165, 1.54) is 5.56 Å². The molecule has 0 saturated carbocycles. The third-order valence-electron chi connectivity index (χ3n) is 2.36. The molecule has 0 amide bonds. The van der Waals surface area contributed by atoms with E-state index in [1.807, 2.05) is 26.1 Å². The van der Waals surface area contributed by atoms with Crippen LogP contribution in [0.2, 0.25) is 0 Å². The third-order valence-corrected chi connectivity index (χ3v) is 2.36. The molecule has 0 spiro atoms. The van der Waals surface area contributed by atoms with Crippen LogP contribution >= 0.6 is 0 Å². The van der Waals surface area contributed by atoms with E-state index < -0.39 is 0 Å². The Balaban J connectivity index is 0.000000606. The fourth-order valence-corrected chi connectivity index (χ4v) is 1.66. The van der Waals surface area contributed by atoms with E-state index >= 15 is 0 Å². The standard InChI is InChI=1S/C12H14N2.C2H6/c1-12(2,3)10-5-4-6-11-9(10)7-13-8-14-11;1-2/h4-8H,1-3H3;1-2H3. The molecule has 0 fully saturated rings. The Morgan fingerprint density at radius 1 is 1.06 bits per heavy atom. The van der Waals surface area contributed by atoms with Crippen LogP contribution in [0.15, 0.2) is 30.7 Å². The number of hydrogen-bond donors (Lipinski definition) is 0. The van der Waals surface area contributed by atoms with Crippen molar-refractivity contribution in [2.45, 2.75) is 40.0 Å². The van der Waals surface area contributed by atoms with Crippen LogP contribution in [0.3, 0.4) is 0 Å². The second-order valence-corrected chi connectivity index (χ2v) is 4.51. The van der Waals surface area contributed by atoms with Gasteiger partial charge < -0.3 is 0 Å². The highest BCUT2D eigenvalue weighted by atomic mass is 14.8. The summed E-state index contributed by atoms with van der Waals surface area (Å²) in [7, 11) is 0. The average molecular weight is 216 g/mol. The molecule has 0 radical (unpaired) electrons. The Bertz CT molecular complexity index is 450. The van der Waals surface area contributed by atoms with Crippen LogP contribution < -0.4 is 0 Å². The first kappa shape index (κ1) is 12.6. The van der Waals surface area contributed by atoms with Crippen molar-refractivity contribution in [2.24, 2.45) is 0 Å². The molecule has 0 aliphatic carbocycles. The number of benzene rings is 1. The van der Waals surface area contributed by atoms with Gasteiger partial charge in [0.2, 0.25) is 0 Å². The number of nitrogens with zero attached hydrogens (tertiary/aromatic N) is 2. The second kappa shape index (κ2) is 5.06. The summed E-state index contributed by atoms with van der Waals surface area (Å²) < 4.78 is 0. The van der Waals surface area contributed by atoms with E-state index in [1.54, 1.807) is 6.33 Å². The van der Waals surface area contributed by atoms with Crippen LogP contribution in [0.4, 0.5) is 0 Å². The van der Waals surface area contributed by atoms with Crippen molar-refractivity contribution in [1.82, 2.24) is 9.97 Å². The van der Waals surface area contributed by atoms with E-state index in [0.717, 1.165) is 10.9 Å². The first-order valence-corrected chi connectivity index (χ1v) is 5.78. The molecule has 0 bridgehead atoms. The van der Waals surface area contributed by atoms with Crippen molar-refractivity contribution < 1.29 is 0 Å². The van der Waals surface area contributed by atoms with Gasteiger partial charge in [0, 0.05) is 11.6 Å². The number of rotatable bonds is 0. The molecular weight excluding hydrogens is 196 g/mol. The maximum absolute atomic E-state index is 4.24. The zero-order valence-corrected chi connectivity index (χ0v) is 10.8. The van der Waals surface area contributed by atoms with Gasteiger partial charge in [-0.2, -0.15) is 0 Å². The summed E-state index contributed by atoms with van der Waals surface area (Å²) in [6.07, 6.45) is 3.48. The maximum atomic E-state index is 4.24. The van der Waals surface area contributed by atoms with Gasteiger partial charge in [-0.1, -0.05) is 46.8 Å². The summed E-state index contributed by atoms with van der Waals surface area (Å²) in [6.45, 7) is 10.6. The molecule has 2 heteroatoms. The molecule has 2 nitrogen and oxygen atoms in total. The van der Waals surface area contributed by atoms with Crippen LogP contribution in [0, 0.1) is 0 Å². The minimum Gasteiger partial charge on any atom is -0.244 e. The van der Waals surface area contributed by atoms with E-state index in [4.69, 9.17) is 0 Å². The molecule has 0 N–H and O–H groups in total. The summed E-state index contributed by atoms with van der Waals surface area (Å²) in [5.74, 6) is 0. The molecule has 0 saturated heterocycles. The lowest BCUT2D eigenvalue weighted by molar-refractivity contribution is 0.595. The SMILES string of the molecule is CC.CC(C)(C)c1cccc2ncncc12. The van der Waals surface area contributed by atoms with Gasteiger partial charge in [-0.15, -0.1) is 0 Å². The Kier molecular flexibility index (Phi) is 3.99. The summed E-state index contributed by atoms with van der Waals surface area (Å²) in [4.78, 5) is 8.32. The van der Waals surface area contributed by atoms with Gasteiger partial charge >= 0.3 is 0 Å². The van der Waals surface area contributed by atoms with Crippen LogP contribution in [0.25, 0.3) is 10.9 Å². The van der Waals surface area contributed by atoms with E-state index in [-0.39, 0.29) is 5.41 Å². The smallest absolute Gasteiger partial charge is 0.116 e. The van der Waals surface area contributed by atoms with Crippen LogP contribution in [-0.4, -0.2) is 9.97 Å². The number of hydrogen-bond acceptors (Lipinski definition) is 2. The first-order chi connectivity index (χ1) is 7.59. The number of fused-ring (bicyclic) bond motifs is 1. The lowest BCUT2D eigenvalue weighted by atomic mass is 9.85. The predicted molar refractivity (Wildman–Crippen MR) is 69.6 cm³/mol. The Hall–Kier alpha value is -1.44. The van der Waals surface area contributed by atoms with Gasteiger partial charge in [0.1, 0.15) is 6.33 Å². The molecule has 1 aromatic heterocycles. The fourth-order valence-electron chi connectivity index (χ4n) is 1.66. The van der Waals surface area contributed by atoms with Gasteiger partial charge in [-0.05, 0) is 17.0 Å². The van der Waals surface area contributed by atoms with E-state index in [0.29, 0.717) is 0 Å². The van der Waals surface area contributed by atoms with Crippen molar-refractivity contribution in [3.8, 4) is 0 Å². The van der Waals surface area contributed by atoms with Gasteiger partial charge in [-0.3, -0.25) is 0 Å². The molecule has 86 valence electrons. The van der Waals surface area contributed by atoms with Crippen molar-refractivity contribution >= 4 is 10.9 Å². The van der Waals surface area contributed by atoms with Crippen molar-refractivity contribution in [3.63, 3.8) is 0 Å². The minimum atomic E-state index is 0.143. The van der Waals surface area contributed by atoms with Gasteiger partial charge in [0.05, 0.1) is 5.52 Å². The van der Waals surface area contributed by atoms with Crippen LogP contribution in [0.1, 0.15) is 40.2 Å². The summed E-state index contributed by atoms with van der Waals surface area (Å²) in [5, 5.41) is 1.16. The monoisotopic (exact) mass is 216 g/mol. The molecule has 0 atom stereocenters. The molecule has 0 aliphatic heterocycles. The quantitative estimate of drug-likeness (QED) is 0.666. The Labute approximate surface area is 97.7 Å². The van der Waals surface area contributed by atoms with Crippen LogP contribution in [-0.2, 0) is 5.41 Å². The Morgan fingerprint density at radius 2 is 1.75 bits per heavy atom. The number of aromatic nitrogens is 2. The van der Waals surface area contributed by atoms with Crippen molar-refractivity contribution in [2.75, 3.05) is 0 Å². The highest BCUT2D eigenvalue weighted by molar-refractivity contribution is 5.82. The molecule has 1 heterocycles. The third kappa shape index (κ3) is 2.57. The molecule has 1 aromatic carbocycles. The second-order valence-electron chi connectivity index (χ2n) is 4.51. The maximum Gasteiger partial charge on any atom is 0.116 e. The fraction of sp³-hybridized carbons (Fsp3) is 0.429. The summed E-state index contributed by atoms with van der Waals surface area (Å²) in [6, 6.07) is 6.22. The van der Waals surface area contributed by atoms with Crippen molar-refractivity contribution in [3.05, 3.63) is 36.3 Å². The molecule has 0 aliphatic rings. The zero-order chi connectivity index (χ0) is 12.2. The Morgan fingerprint density at radius 3 is 2.38 bits per heavy atom. The topological polar surface area (TPSA) is 25.8 Å². The predicted octanol–water partition coefficient (Wildman–Crippen LogP) is 3.95. The lowest BCUT2D eigenvalue weighted by Crippen LogP contribution is -2.11. The zero-order valence-electron chi connectivity index (χ0n) is 10.8. The van der Waals surface area contributed by atoms with E-state index in [9.17, 15) is 0 Å². The first-order valence-electron chi connectivity index (χ1n) is 5.78. The average Bonchev–Trinajstić information content (AvgIpc) is 2.30. The molecular formula is C14H20N2. The van der Waals surface area contributed by atoms with Gasteiger partial charge in [0.15, 0.2) is 0 Å². The van der Waals surface area contributed by atoms with Crippen LogP contribution in [0.5, 0.6) is 0 Å². The highest BCUT2D eigenvalue weighted by Gasteiger charge is 2.16. The van der Waals surface area contributed by atoms with Gasteiger partial charge in [-0.25, -0.2) is 9.97 Å². The molecule has 16 heavy (non-hydrogen) atoms.